The number of carbonyl (C=O) groups is 1. The average Bonchev–Trinajstić information content (AvgIpc) is 2.81. The Balaban J connectivity index is 2.13. The Morgan fingerprint density at radius 3 is 2.90 bits per heavy atom. The van der Waals surface area contributed by atoms with Crippen LogP contribution in [0.1, 0.15) is 32.3 Å². The fraction of sp³-hybridized carbons (Fsp3) is 0.438. The van der Waals surface area contributed by atoms with Crippen LogP contribution in [0.4, 0.5) is 0 Å². The van der Waals surface area contributed by atoms with Gasteiger partial charge in [0.05, 0.1) is 6.42 Å². The molecule has 0 aliphatic heterocycles. The number of hydrogen-bond acceptors (Lipinski definition) is 2. The van der Waals surface area contributed by atoms with Gasteiger partial charge in [0.2, 0.25) is 5.91 Å². The molecule has 0 saturated carbocycles. The Kier molecular flexibility index (Phi) is 4.91. The number of aromatic amines is 1. The van der Waals surface area contributed by atoms with Crippen molar-refractivity contribution < 1.29 is 9.90 Å². The second-order valence-corrected chi connectivity index (χ2v) is 6.05. The third kappa shape index (κ3) is 3.77. The normalized spacial score (nSPS) is 14.1. The van der Waals surface area contributed by atoms with E-state index in [-0.39, 0.29) is 18.1 Å². The van der Waals surface area contributed by atoms with Crippen LogP contribution in [0.3, 0.4) is 0 Å². The van der Waals surface area contributed by atoms with Crippen molar-refractivity contribution in [2.45, 2.75) is 38.6 Å². The number of aliphatic hydroxyl groups is 1. The lowest BCUT2D eigenvalue weighted by Crippen LogP contribution is -2.46. The lowest BCUT2D eigenvalue weighted by molar-refractivity contribution is -0.122. The molecule has 3 N–H and O–H groups in total. The largest absolute Gasteiger partial charge is 0.396 e. The minimum absolute atomic E-state index is 0.0475. The standard InChI is InChI=1S/C16H21ClN2O2/c1-3-16(2,6-7-20)19-15(21)8-11-10-18-14-5-4-12(17)9-13(11)14/h4-5,9-10,18,20H,3,6-8H2,1-2H3,(H,19,21). The maximum atomic E-state index is 12.2. The van der Waals surface area contributed by atoms with E-state index >= 15 is 0 Å². The number of H-pyrrole nitrogens is 1. The first-order valence-corrected chi connectivity index (χ1v) is 7.52. The summed E-state index contributed by atoms with van der Waals surface area (Å²) in [5, 5.41) is 13.7. The number of carbonyl (C=O) groups excluding carboxylic acids is 1. The molecule has 0 bridgehead atoms. The van der Waals surface area contributed by atoms with E-state index in [0.717, 1.165) is 22.9 Å². The molecule has 4 nitrogen and oxygen atoms in total. The quantitative estimate of drug-likeness (QED) is 0.768. The first kappa shape index (κ1) is 15.9. The summed E-state index contributed by atoms with van der Waals surface area (Å²) in [5.41, 5.74) is 1.53. The van der Waals surface area contributed by atoms with E-state index in [0.29, 0.717) is 17.9 Å². The third-order valence-corrected chi connectivity index (χ3v) is 4.20. The highest BCUT2D eigenvalue weighted by Gasteiger charge is 2.23. The maximum Gasteiger partial charge on any atom is 0.224 e. The number of aromatic nitrogens is 1. The molecule has 1 atom stereocenters. The lowest BCUT2D eigenvalue weighted by atomic mass is 9.94. The molecular weight excluding hydrogens is 288 g/mol. The van der Waals surface area contributed by atoms with Gasteiger partial charge in [-0.15, -0.1) is 0 Å². The van der Waals surface area contributed by atoms with E-state index in [1.807, 2.05) is 38.2 Å². The molecule has 1 unspecified atom stereocenters. The van der Waals surface area contributed by atoms with Crippen molar-refractivity contribution in [1.29, 1.82) is 0 Å². The van der Waals surface area contributed by atoms with Crippen molar-refractivity contribution in [2.24, 2.45) is 0 Å². The number of rotatable bonds is 6. The van der Waals surface area contributed by atoms with Crippen LogP contribution < -0.4 is 5.32 Å². The summed E-state index contributed by atoms with van der Waals surface area (Å²) in [4.78, 5) is 15.4. The Bertz CT molecular complexity index is 638. The van der Waals surface area contributed by atoms with Crippen LogP contribution in [0.15, 0.2) is 24.4 Å². The number of nitrogens with one attached hydrogen (secondary N) is 2. The lowest BCUT2D eigenvalue weighted by Gasteiger charge is -2.29. The van der Waals surface area contributed by atoms with Gasteiger partial charge in [0.1, 0.15) is 0 Å². The molecule has 114 valence electrons. The van der Waals surface area contributed by atoms with Crippen LogP contribution in [-0.4, -0.2) is 28.1 Å². The topological polar surface area (TPSA) is 65.1 Å². The molecule has 1 heterocycles. The molecule has 0 radical (unpaired) electrons. The SMILES string of the molecule is CCC(C)(CCO)NC(=O)Cc1c[nH]c2ccc(Cl)cc12. The van der Waals surface area contributed by atoms with Gasteiger partial charge in [-0.1, -0.05) is 18.5 Å². The minimum atomic E-state index is -0.365. The number of aliphatic hydroxyl groups excluding tert-OH is 1. The summed E-state index contributed by atoms with van der Waals surface area (Å²) in [7, 11) is 0. The fourth-order valence-corrected chi connectivity index (χ4v) is 2.60. The summed E-state index contributed by atoms with van der Waals surface area (Å²) in [5.74, 6) is -0.0475. The summed E-state index contributed by atoms with van der Waals surface area (Å²) in [6.07, 6.45) is 3.46. The number of fused-ring (bicyclic) bond motifs is 1. The van der Waals surface area contributed by atoms with Gasteiger partial charge < -0.3 is 15.4 Å². The average molecular weight is 309 g/mol. The van der Waals surface area contributed by atoms with Crippen LogP contribution in [0.2, 0.25) is 5.02 Å². The van der Waals surface area contributed by atoms with Gasteiger partial charge in [-0.25, -0.2) is 0 Å². The number of hydrogen-bond donors (Lipinski definition) is 3. The van der Waals surface area contributed by atoms with E-state index in [4.69, 9.17) is 16.7 Å². The second-order valence-electron chi connectivity index (χ2n) is 5.62. The van der Waals surface area contributed by atoms with Gasteiger partial charge in [0, 0.05) is 34.3 Å². The summed E-state index contributed by atoms with van der Waals surface area (Å²) in [6, 6.07) is 5.59. The molecule has 1 amide bonds. The monoisotopic (exact) mass is 308 g/mol. The van der Waals surface area contributed by atoms with Crippen LogP contribution in [0, 0.1) is 0 Å². The molecule has 0 saturated heterocycles. The summed E-state index contributed by atoms with van der Waals surface area (Å²) >= 11 is 6.01. The van der Waals surface area contributed by atoms with Crippen LogP contribution in [0.25, 0.3) is 10.9 Å². The molecule has 0 fully saturated rings. The van der Waals surface area contributed by atoms with Gasteiger partial charge >= 0.3 is 0 Å². The predicted octanol–water partition coefficient (Wildman–Crippen LogP) is 3.03. The first-order chi connectivity index (χ1) is 9.97. The zero-order chi connectivity index (χ0) is 15.5. The molecule has 1 aromatic heterocycles. The van der Waals surface area contributed by atoms with Crippen molar-refractivity contribution in [3.05, 3.63) is 35.0 Å². The number of benzene rings is 1. The van der Waals surface area contributed by atoms with E-state index in [2.05, 4.69) is 10.3 Å². The van der Waals surface area contributed by atoms with Gasteiger partial charge in [0.25, 0.3) is 0 Å². The Labute approximate surface area is 129 Å². The second kappa shape index (κ2) is 6.50. The fourth-order valence-electron chi connectivity index (χ4n) is 2.43. The van der Waals surface area contributed by atoms with Crippen molar-refractivity contribution in [3.8, 4) is 0 Å². The molecular formula is C16H21ClN2O2. The Hall–Kier alpha value is -1.52. The van der Waals surface area contributed by atoms with Gasteiger partial charge in [-0.05, 0) is 43.5 Å². The highest BCUT2D eigenvalue weighted by atomic mass is 35.5. The van der Waals surface area contributed by atoms with Crippen molar-refractivity contribution >= 4 is 28.4 Å². The van der Waals surface area contributed by atoms with Crippen molar-refractivity contribution in [3.63, 3.8) is 0 Å². The first-order valence-electron chi connectivity index (χ1n) is 7.15. The summed E-state index contributed by atoms with van der Waals surface area (Å²) < 4.78 is 0. The maximum absolute atomic E-state index is 12.2. The van der Waals surface area contributed by atoms with Crippen molar-refractivity contribution in [1.82, 2.24) is 10.3 Å². The molecule has 0 spiro atoms. The van der Waals surface area contributed by atoms with Crippen LogP contribution in [0.5, 0.6) is 0 Å². The molecule has 1 aromatic carbocycles. The Morgan fingerprint density at radius 1 is 1.48 bits per heavy atom. The zero-order valence-corrected chi connectivity index (χ0v) is 13.1. The molecule has 2 rings (SSSR count). The van der Waals surface area contributed by atoms with Gasteiger partial charge in [0.15, 0.2) is 0 Å². The molecule has 0 aliphatic carbocycles. The molecule has 2 aromatic rings. The number of halogens is 1. The highest BCUT2D eigenvalue weighted by molar-refractivity contribution is 6.31. The van der Waals surface area contributed by atoms with Crippen LogP contribution in [-0.2, 0) is 11.2 Å². The van der Waals surface area contributed by atoms with Gasteiger partial charge in [-0.3, -0.25) is 4.79 Å². The minimum Gasteiger partial charge on any atom is -0.396 e. The Morgan fingerprint density at radius 2 is 2.24 bits per heavy atom. The van der Waals surface area contributed by atoms with E-state index in [9.17, 15) is 4.79 Å². The number of amides is 1. The van der Waals surface area contributed by atoms with E-state index < -0.39 is 0 Å². The smallest absolute Gasteiger partial charge is 0.224 e. The molecule has 21 heavy (non-hydrogen) atoms. The van der Waals surface area contributed by atoms with Crippen molar-refractivity contribution in [2.75, 3.05) is 6.61 Å². The van der Waals surface area contributed by atoms with E-state index in [1.54, 1.807) is 0 Å². The predicted molar refractivity (Wildman–Crippen MR) is 85.6 cm³/mol. The third-order valence-electron chi connectivity index (χ3n) is 3.97. The molecule has 0 aliphatic rings. The van der Waals surface area contributed by atoms with Crippen LogP contribution >= 0.6 is 11.6 Å². The zero-order valence-electron chi connectivity index (χ0n) is 12.4. The molecule has 5 heteroatoms. The van der Waals surface area contributed by atoms with E-state index in [1.165, 1.54) is 0 Å². The highest BCUT2D eigenvalue weighted by Crippen LogP contribution is 2.23. The van der Waals surface area contributed by atoms with Gasteiger partial charge in [-0.2, -0.15) is 0 Å². The summed E-state index contributed by atoms with van der Waals surface area (Å²) in [6.45, 7) is 4.02.